The predicted octanol–water partition coefficient (Wildman–Crippen LogP) is 5.94. The fourth-order valence-electron chi connectivity index (χ4n) is 3.99. The van der Waals surface area contributed by atoms with Crippen LogP contribution in [-0.4, -0.2) is 12.4 Å². The first-order chi connectivity index (χ1) is 11.4. The van der Waals surface area contributed by atoms with E-state index in [9.17, 15) is 4.79 Å². The van der Waals surface area contributed by atoms with E-state index in [0.29, 0.717) is 11.0 Å². The quantitative estimate of drug-likeness (QED) is 0.653. The second-order valence-electron chi connectivity index (χ2n) is 8.23. The molecule has 0 amide bonds. The minimum Gasteiger partial charge on any atom is -0.490 e. The van der Waals surface area contributed by atoms with Crippen molar-refractivity contribution in [1.29, 1.82) is 0 Å². The Morgan fingerprint density at radius 2 is 1.67 bits per heavy atom. The van der Waals surface area contributed by atoms with Gasteiger partial charge in [-0.2, -0.15) is 0 Å². The first-order valence-electron chi connectivity index (χ1n) is 9.04. The maximum atomic E-state index is 11.7. The van der Waals surface area contributed by atoms with E-state index in [0.717, 1.165) is 47.1 Å². The highest BCUT2D eigenvalue weighted by Gasteiger charge is 2.30. The van der Waals surface area contributed by atoms with E-state index in [4.69, 9.17) is 4.74 Å². The molecule has 0 N–H and O–H groups in total. The number of ether oxygens (including phenoxy) is 1. The predicted molar refractivity (Wildman–Crippen MR) is 99.9 cm³/mol. The summed E-state index contributed by atoms with van der Waals surface area (Å²) in [4.78, 5) is 11.7. The van der Waals surface area contributed by atoms with Crippen molar-refractivity contribution in [2.45, 2.75) is 59.5 Å². The van der Waals surface area contributed by atoms with Gasteiger partial charge < -0.3 is 4.74 Å². The van der Waals surface area contributed by atoms with Gasteiger partial charge in [0.15, 0.2) is 6.29 Å². The number of aldehydes is 1. The van der Waals surface area contributed by atoms with E-state index >= 15 is 0 Å². The molecule has 2 nitrogen and oxygen atoms in total. The van der Waals surface area contributed by atoms with Crippen LogP contribution in [0.5, 0.6) is 5.75 Å². The zero-order valence-corrected chi connectivity index (χ0v) is 15.3. The van der Waals surface area contributed by atoms with Crippen LogP contribution in [0.15, 0.2) is 30.3 Å². The average molecular weight is 324 g/mol. The summed E-state index contributed by atoms with van der Waals surface area (Å²) in [6.07, 6.45) is 5.73. The van der Waals surface area contributed by atoms with Crippen molar-refractivity contribution >= 4 is 17.1 Å². The van der Waals surface area contributed by atoms with E-state index in [1.807, 2.05) is 24.3 Å². The molecule has 24 heavy (non-hydrogen) atoms. The highest BCUT2D eigenvalue weighted by atomic mass is 16.5. The Morgan fingerprint density at radius 3 is 2.25 bits per heavy atom. The smallest absolute Gasteiger partial charge is 0.154 e. The summed E-state index contributed by atoms with van der Waals surface area (Å²) in [5, 5.41) is 2.12. The number of carbonyl (C=O) groups is 1. The molecule has 1 aliphatic carbocycles. The molecule has 2 heteroatoms. The highest BCUT2D eigenvalue weighted by Crippen LogP contribution is 2.39. The molecule has 2 aromatic rings. The number of benzene rings is 2. The van der Waals surface area contributed by atoms with E-state index < -0.39 is 0 Å². The van der Waals surface area contributed by atoms with Crippen LogP contribution in [0.3, 0.4) is 0 Å². The summed E-state index contributed by atoms with van der Waals surface area (Å²) < 4.78 is 6.30. The topological polar surface area (TPSA) is 26.3 Å². The molecule has 1 aliphatic rings. The van der Waals surface area contributed by atoms with Crippen LogP contribution in [0.1, 0.15) is 62.4 Å². The lowest BCUT2D eigenvalue weighted by molar-refractivity contribution is 0.0871. The van der Waals surface area contributed by atoms with Crippen LogP contribution in [0.4, 0.5) is 0 Å². The number of hydrogen-bond acceptors (Lipinski definition) is 2. The molecule has 0 spiro atoms. The number of hydrogen-bond donors (Lipinski definition) is 0. The summed E-state index contributed by atoms with van der Waals surface area (Å²) in [6.45, 7) is 9.07. The van der Waals surface area contributed by atoms with Crippen LogP contribution in [0.2, 0.25) is 0 Å². The van der Waals surface area contributed by atoms with Gasteiger partial charge in [0.2, 0.25) is 0 Å². The summed E-state index contributed by atoms with van der Waals surface area (Å²) in [5.41, 5.74) is 2.22. The lowest BCUT2D eigenvalue weighted by atomic mass is 9.72. The first-order valence-corrected chi connectivity index (χ1v) is 9.04. The third-order valence-electron chi connectivity index (χ3n) is 5.57. The highest BCUT2D eigenvalue weighted by molar-refractivity contribution is 6.02. The fourth-order valence-corrected chi connectivity index (χ4v) is 3.99. The molecule has 0 radical (unpaired) electrons. The summed E-state index contributed by atoms with van der Waals surface area (Å²) >= 11 is 0. The van der Waals surface area contributed by atoms with Gasteiger partial charge in [0.25, 0.3) is 0 Å². The lowest BCUT2D eigenvalue weighted by Crippen LogP contribution is -2.30. The second-order valence-corrected chi connectivity index (χ2v) is 8.23. The molecule has 0 saturated heterocycles. The van der Waals surface area contributed by atoms with Crippen molar-refractivity contribution in [3.05, 3.63) is 41.5 Å². The van der Waals surface area contributed by atoms with Crippen molar-refractivity contribution in [2.75, 3.05) is 0 Å². The third kappa shape index (κ3) is 3.33. The van der Waals surface area contributed by atoms with Crippen molar-refractivity contribution in [2.24, 2.45) is 11.3 Å². The molecule has 0 aliphatic heterocycles. The van der Waals surface area contributed by atoms with Gasteiger partial charge >= 0.3 is 0 Å². The zero-order chi connectivity index (χ0) is 17.3. The summed E-state index contributed by atoms with van der Waals surface area (Å²) in [5.74, 6) is 1.52. The van der Waals surface area contributed by atoms with Gasteiger partial charge in [0.05, 0.1) is 11.7 Å². The van der Waals surface area contributed by atoms with Gasteiger partial charge in [0, 0.05) is 0 Å². The van der Waals surface area contributed by atoms with E-state index in [1.54, 1.807) is 0 Å². The zero-order valence-electron chi connectivity index (χ0n) is 15.3. The largest absolute Gasteiger partial charge is 0.490 e. The molecule has 0 atom stereocenters. The van der Waals surface area contributed by atoms with Crippen molar-refractivity contribution in [3.8, 4) is 5.75 Å². The summed E-state index contributed by atoms with van der Waals surface area (Å²) in [6, 6.07) is 10.1. The first kappa shape index (κ1) is 17.0. The van der Waals surface area contributed by atoms with Gasteiger partial charge in [-0.25, -0.2) is 0 Å². The molecular formula is C22H28O2. The molecular weight excluding hydrogens is 296 g/mol. The maximum Gasteiger partial charge on any atom is 0.154 e. The third-order valence-corrected chi connectivity index (χ3v) is 5.57. The van der Waals surface area contributed by atoms with E-state index in [2.05, 4.69) is 33.8 Å². The van der Waals surface area contributed by atoms with Crippen molar-refractivity contribution in [3.63, 3.8) is 0 Å². The van der Waals surface area contributed by atoms with Gasteiger partial charge in [-0.15, -0.1) is 0 Å². The number of fused-ring (bicyclic) bond motifs is 1. The minimum absolute atomic E-state index is 0.225. The van der Waals surface area contributed by atoms with Crippen molar-refractivity contribution < 1.29 is 9.53 Å². The number of carbonyl (C=O) groups excluding carboxylic acids is 1. The summed E-state index contributed by atoms with van der Waals surface area (Å²) in [7, 11) is 0. The molecule has 3 rings (SSSR count). The van der Waals surface area contributed by atoms with Gasteiger partial charge in [-0.05, 0) is 66.3 Å². The monoisotopic (exact) mass is 324 g/mol. The SMILES string of the molecule is Cc1cc(OC2CCC(C(C)(C)C)CC2)c(C=O)c2ccccc12. The lowest BCUT2D eigenvalue weighted by Gasteiger charge is -2.37. The standard InChI is InChI=1S/C22H28O2/c1-15-13-21(20(14-23)19-8-6-5-7-18(15)19)24-17-11-9-16(10-12-17)22(2,3)4/h5-8,13-14,16-17H,9-12H2,1-4H3. The molecule has 0 aromatic heterocycles. The number of aryl methyl sites for hydroxylation is 1. The van der Waals surface area contributed by atoms with Crippen LogP contribution in [-0.2, 0) is 0 Å². The van der Waals surface area contributed by atoms with Crippen LogP contribution in [0, 0.1) is 18.3 Å². The van der Waals surface area contributed by atoms with Gasteiger partial charge in [-0.1, -0.05) is 45.0 Å². The molecule has 2 aromatic carbocycles. The molecule has 0 unspecified atom stereocenters. The Kier molecular flexibility index (Phi) is 4.67. The Balaban J connectivity index is 1.82. The molecule has 0 heterocycles. The Labute approximate surface area is 145 Å². The number of rotatable bonds is 3. The Hall–Kier alpha value is -1.83. The fraction of sp³-hybridized carbons (Fsp3) is 0.500. The van der Waals surface area contributed by atoms with Crippen LogP contribution >= 0.6 is 0 Å². The minimum atomic E-state index is 0.225. The molecule has 1 saturated carbocycles. The molecule has 0 bridgehead atoms. The molecule has 1 fully saturated rings. The van der Waals surface area contributed by atoms with Crippen LogP contribution < -0.4 is 4.74 Å². The van der Waals surface area contributed by atoms with Gasteiger partial charge in [-0.3, -0.25) is 4.79 Å². The Bertz CT molecular complexity index is 731. The normalized spacial score (nSPS) is 21.7. The van der Waals surface area contributed by atoms with E-state index in [1.165, 1.54) is 12.8 Å². The second kappa shape index (κ2) is 6.58. The van der Waals surface area contributed by atoms with E-state index in [-0.39, 0.29) is 6.10 Å². The van der Waals surface area contributed by atoms with Crippen molar-refractivity contribution in [1.82, 2.24) is 0 Å². The Morgan fingerprint density at radius 1 is 1.04 bits per heavy atom. The molecule has 128 valence electrons. The van der Waals surface area contributed by atoms with Crippen LogP contribution in [0.25, 0.3) is 10.8 Å². The van der Waals surface area contributed by atoms with Gasteiger partial charge in [0.1, 0.15) is 5.75 Å². The maximum absolute atomic E-state index is 11.7. The average Bonchev–Trinajstić information content (AvgIpc) is 2.55.